The van der Waals surface area contributed by atoms with Crippen molar-refractivity contribution in [3.05, 3.63) is 150 Å². The van der Waals surface area contributed by atoms with Crippen molar-refractivity contribution >= 4 is 48.6 Å². The van der Waals surface area contributed by atoms with Gasteiger partial charge in [-0.05, 0) is 149 Å². The molecule has 0 spiro atoms. The fraction of sp³-hybridized carbons (Fsp3) is 0.265. The summed E-state index contributed by atoms with van der Waals surface area (Å²) >= 11 is 1.89. The molecule has 0 saturated heterocycles. The summed E-state index contributed by atoms with van der Waals surface area (Å²) in [6, 6.07) is 51.0. The molecule has 51 heavy (non-hydrogen) atoms. The molecule has 5 aliphatic carbocycles. The Morgan fingerprint density at radius 1 is 0.510 bits per heavy atom. The predicted octanol–water partition coefficient (Wildman–Crippen LogP) is 14.0. The molecule has 0 unspecified atom stereocenters. The molecule has 6 aromatic carbocycles. The van der Waals surface area contributed by atoms with E-state index in [1.165, 1.54) is 109 Å². The monoisotopic (exact) mass is 677 g/mol. The molecule has 1 heterocycles. The molecular weight excluding hydrogens is 635 g/mol. The molecule has 7 aromatic rings. The standard InChI is InChI=1S/C49H43NS/c1-48(2)44-9-5-3-7-40(44)41-22-20-39(27-45(41)48)50(38-18-14-36(15-19-38)49-28-31-23-32(29-49)25-33(24-31)30-49)37-16-11-34(12-17-37)35-13-21-43-42-8-4-6-10-46(42)51-47(43)26-35/h3-22,26-27,31-33H,23-25,28-30H2,1-2H3. The Bertz CT molecular complexity index is 2440. The summed E-state index contributed by atoms with van der Waals surface area (Å²) in [5.74, 6) is 2.85. The van der Waals surface area contributed by atoms with Crippen LogP contribution in [0.2, 0.25) is 0 Å². The SMILES string of the molecule is CC1(C)c2ccccc2-c2ccc(N(c3ccc(-c4ccc5c(c4)sc4ccccc45)cc3)c3ccc(C45CC6CC(CC(C6)C4)C5)cc3)cc21. The quantitative estimate of drug-likeness (QED) is 0.175. The fourth-order valence-electron chi connectivity index (χ4n) is 11.4. The number of fused-ring (bicyclic) bond motifs is 6. The van der Waals surface area contributed by atoms with Gasteiger partial charge in [-0.2, -0.15) is 0 Å². The minimum atomic E-state index is -0.0505. The van der Waals surface area contributed by atoms with Crippen LogP contribution in [0.15, 0.2) is 133 Å². The van der Waals surface area contributed by atoms with Crippen LogP contribution in [-0.4, -0.2) is 0 Å². The minimum absolute atomic E-state index is 0.0505. The zero-order chi connectivity index (χ0) is 33.9. The Kier molecular flexibility index (Phi) is 6.43. The topological polar surface area (TPSA) is 3.24 Å². The van der Waals surface area contributed by atoms with Crippen molar-refractivity contribution < 1.29 is 0 Å². The Morgan fingerprint density at radius 2 is 1.10 bits per heavy atom. The maximum atomic E-state index is 2.50. The molecule has 2 heteroatoms. The van der Waals surface area contributed by atoms with Gasteiger partial charge in [-0.1, -0.05) is 98.8 Å². The summed E-state index contributed by atoms with van der Waals surface area (Å²) < 4.78 is 2.70. The van der Waals surface area contributed by atoms with E-state index in [0.717, 1.165) is 17.8 Å². The van der Waals surface area contributed by atoms with Gasteiger partial charge in [-0.3, -0.25) is 0 Å². The number of rotatable bonds is 5. The van der Waals surface area contributed by atoms with E-state index in [4.69, 9.17) is 0 Å². The molecule has 4 fully saturated rings. The molecule has 12 rings (SSSR count). The van der Waals surface area contributed by atoms with Crippen LogP contribution < -0.4 is 4.90 Å². The first-order valence-electron chi connectivity index (χ1n) is 19.1. The summed E-state index contributed by atoms with van der Waals surface area (Å²) in [4.78, 5) is 2.49. The maximum Gasteiger partial charge on any atom is 0.0465 e. The minimum Gasteiger partial charge on any atom is -0.310 e. The Labute approximate surface area is 305 Å². The zero-order valence-electron chi connectivity index (χ0n) is 29.5. The third kappa shape index (κ3) is 4.58. The molecular formula is C49H43NS. The first kappa shape index (κ1) is 30.0. The lowest BCUT2D eigenvalue weighted by atomic mass is 9.48. The molecule has 4 bridgehead atoms. The highest BCUT2D eigenvalue weighted by Gasteiger charge is 2.51. The summed E-state index contributed by atoms with van der Waals surface area (Å²) in [6.45, 7) is 4.77. The zero-order valence-corrected chi connectivity index (χ0v) is 30.3. The van der Waals surface area contributed by atoms with Crippen LogP contribution in [0.25, 0.3) is 42.4 Å². The molecule has 0 atom stereocenters. The Balaban J connectivity index is 0.994. The second-order valence-electron chi connectivity index (χ2n) is 16.8. The molecule has 250 valence electrons. The Hall–Kier alpha value is -4.66. The van der Waals surface area contributed by atoms with Crippen LogP contribution >= 0.6 is 11.3 Å². The summed E-state index contributed by atoms with van der Waals surface area (Å²) in [5.41, 5.74) is 13.7. The predicted molar refractivity (Wildman–Crippen MR) is 217 cm³/mol. The van der Waals surface area contributed by atoms with E-state index in [-0.39, 0.29) is 5.41 Å². The number of hydrogen-bond donors (Lipinski definition) is 0. The average Bonchev–Trinajstić information content (AvgIpc) is 3.63. The first-order chi connectivity index (χ1) is 24.9. The van der Waals surface area contributed by atoms with Crippen molar-refractivity contribution in [2.24, 2.45) is 17.8 Å². The van der Waals surface area contributed by atoms with Gasteiger partial charge in [0.15, 0.2) is 0 Å². The van der Waals surface area contributed by atoms with Gasteiger partial charge in [-0.25, -0.2) is 0 Å². The number of benzene rings is 6. The molecule has 5 aliphatic rings. The number of thiophene rings is 1. The third-order valence-electron chi connectivity index (χ3n) is 13.4. The van der Waals surface area contributed by atoms with E-state index in [2.05, 4.69) is 152 Å². The molecule has 0 aliphatic heterocycles. The van der Waals surface area contributed by atoms with E-state index in [9.17, 15) is 0 Å². The fourth-order valence-corrected chi connectivity index (χ4v) is 12.6. The van der Waals surface area contributed by atoms with E-state index >= 15 is 0 Å². The van der Waals surface area contributed by atoms with Gasteiger partial charge in [-0.15, -0.1) is 11.3 Å². The molecule has 4 saturated carbocycles. The first-order valence-corrected chi connectivity index (χ1v) is 19.9. The van der Waals surface area contributed by atoms with Crippen molar-refractivity contribution in [1.82, 2.24) is 0 Å². The summed E-state index contributed by atoms with van der Waals surface area (Å²) in [6.07, 6.45) is 8.65. The van der Waals surface area contributed by atoms with Gasteiger partial charge in [0.25, 0.3) is 0 Å². The van der Waals surface area contributed by atoms with Crippen molar-refractivity contribution in [3.8, 4) is 22.3 Å². The van der Waals surface area contributed by atoms with Crippen LogP contribution in [0.4, 0.5) is 17.1 Å². The lowest BCUT2D eigenvalue weighted by Crippen LogP contribution is -2.48. The molecule has 1 aromatic heterocycles. The lowest BCUT2D eigenvalue weighted by molar-refractivity contribution is -0.00518. The third-order valence-corrected chi connectivity index (χ3v) is 14.6. The van der Waals surface area contributed by atoms with Crippen molar-refractivity contribution in [3.63, 3.8) is 0 Å². The average molecular weight is 678 g/mol. The van der Waals surface area contributed by atoms with E-state index in [0.29, 0.717) is 5.41 Å². The van der Waals surface area contributed by atoms with E-state index in [1.54, 1.807) is 5.56 Å². The van der Waals surface area contributed by atoms with Gasteiger partial charge in [0.05, 0.1) is 0 Å². The maximum absolute atomic E-state index is 2.50. The van der Waals surface area contributed by atoms with Gasteiger partial charge in [0.1, 0.15) is 0 Å². The molecule has 1 nitrogen and oxygen atoms in total. The van der Waals surface area contributed by atoms with Crippen LogP contribution in [0.1, 0.15) is 69.1 Å². The summed E-state index contributed by atoms with van der Waals surface area (Å²) in [7, 11) is 0. The number of anilines is 3. The van der Waals surface area contributed by atoms with Crippen molar-refractivity contribution in [2.75, 3.05) is 4.90 Å². The second-order valence-corrected chi connectivity index (χ2v) is 17.9. The largest absolute Gasteiger partial charge is 0.310 e. The normalized spacial score (nSPS) is 23.8. The van der Waals surface area contributed by atoms with Gasteiger partial charge in [0.2, 0.25) is 0 Å². The Morgan fingerprint density at radius 3 is 1.84 bits per heavy atom. The highest BCUT2D eigenvalue weighted by Crippen LogP contribution is 2.61. The van der Waals surface area contributed by atoms with Crippen molar-refractivity contribution in [2.45, 2.75) is 63.2 Å². The number of nitrogens with zero attached hydrogens (tertiary/aromatic N) is 1. The van der Waals surface area contributed by atoms with Crippen molar-refractivity contribution in [1.29, 1.82) is 0 Å². The van der Waals surface area contributed by atoms with Gasteiger partial charge >= 0.3 is 0 Å². The molecule has 0 radical (unpaired) electrons. The van der Waals surface area contributed by atoms with E-state index < -0.39 is 0 Å². The van der Waals surface area contributed by atoms with Crippen LogP contribution in [0, 0.1) is 17.8 Å². The van der Waals surface area contributed by atoms with Crippen LogP contribution in [-0.2, 0) is 10.8 Å². The smallest absolute Gasteiger partial charge is 0.0465 e. The summed E-state index contributed by atoms with van der Waals surface area (Å²) in [5, 5.41) is 2.70. The van der Waals surface area contributed by atoms with Crippen LogP contribution in [0.3, 0.4) is 0 Å². The lowest BCUT2D eigenvalue weighted by Gasteiger charge is -2.57. The molecule has 0 N–H and O–H groups in total. The van der Waals surface area contributed by atoms with Gasteiger partial charge in [0, 0.05) is 42.6 Å². The van der Waals surface area contributed by atoms with Crippen LogP contribution in [0.5, 0.6) is 0 Å². The number of hydrogen-bond acceptors (Lipinski definition) is 2. The second kappa shape index (κ2) is 10.9. The van der Waals surface area contributed by atoms with E-state index in [1.807, 2.05) is 11.3 Å². The van der Waals surface area contributed by atoms with Gasteiger partial charge < -0.3 is 4.90 Å². The highest BCUT2D eigenvalue weighted by molar-refractivity contribution is 7.25. The highest BCUT2D eigenvalue weighted by atomic mass is 32.1. The molecule has 0 amide bonds.